The van der Waals surface area contributed by atoms with Gasteiger partial charge in [-0.3, -0.25) is 4.79 Å². The Balaban J connectivity index is 1.33. The maximum absolute atomic E-state index is 12.7. The Morgan fingerprint density at radius 3 is 2.48 bits per heavy atom. The number of amides is 1. The van der Waals surface area contributed by atoms with Crippen molar-refractivity contribution in [3.63, 3.8) is 0 Å². The minimum Gasteiger partial charge on any atom is -0.481 e. The fourth-order valence-electron chi connectivity index (χ4n) is 3.58. The van der Waals surface area contributed by atoms with Gasteiger partial charge in [-0.05, 0) is 38.8 Å². The number of benzene rings is 2. The molecule has 150 valence electrons. The number of aryl methyl sites for hydroxylation is 1. The number of aromatic nitrogens is 2. The molecular weight excluding hydrogens is 366 g/mol. The van der Waals surface area contributed by atoms with Gasteiger partial charge in [-0.2, -0.15) is 4.98 Å². The van der Waals surface area contributed by atoms with Crippen molar-refractivity contribution < 1.29 is 14.1 Å². The molecule has 1 aromatic heterocycles. The highest BCUT2D eigenvalue weighted by molar-refractivity contribution is 5.81. The molecule has 6 nitrogen and oxygen atoms in total. The molecule has 1 atom stereocenters. The van der Waals surface area contributed by atoms with Crippen molar-refractivity contribution in [2.45, 2.75) is 38.7 Å². The molecule has 0 N–H and O–H groups in total. The number of likely N-dealkylation sites (tertiary alicyclic amines) is 1. The number of hydrogen-bond donors (Lipinski definition) is 0. The van der Waals surface area contributed by atoms with Crippen molar-refractivity contribution in [2.75, 3.05) is 13.1 Å². The first kappa shape index (κ1) is 19.2. The molecule has 1 unspecified atom stereocenters. The lowest BCUT2D eigenvalue weighted by Gasteiger charge is -2.32. The first-order valence-electron chi connectivity index (χ1n) is 10.0. The van der Waals surface area contributed by atoms with E-state index in [2.05, 4.69) is 10.1 Å². The fraction of sp³-hybridized carbons (Fsp3) is 0.348. The summed E-state index contributed by atoms with van der Waals surface area (Å²) >= 11 is 0. The molecule has 0 radical (unpaired) electrons. The lowest BCUT2D eigenvalue weighted by atomic mass is 9.96. The molecule has 0 spiro atoms. The Morgan fingerprint density at radius 2 is 1.79 bits per heavy atom. The van der Waals surface area contributed by atoms with Gasteiger partial charge in [-0.15, -0.1) is 0 Å². The van der Waals surface area contributed by atoms with Gasteiger partial charge in [-0.1, -0.05) is 53.2 Å². The standard InChI is InChI=1S/C23H25N3O3/c1-16-8-10-18(11-9-16)21-24-22(29-25-21)19-12-14-26(15-13-19)23(27)17(2)28-20-6-4-3-5-7-20/h3-11,17,19H,12-15H2,1-2H3. The van der Waals surface area contributed by atoms with Crippen LogP contribution >= 0.6 is 0 Å². The van der Waals surface area contributed by atoms with Crippen LogP contribution in [0.1, 0.15) is 37.1 Å². The van der Waals surface area contributed by atoms with Crippen molar-refractivity contribution in [3.05, 3.63) is 66.1 Å². The zero-order chi connectivity index (χ0) is 20.2. The second-order valence-corrected chi connectivity index (χ2v) is 7.49. The molecule has 3 aromatic rings. The summed E-state index contributed by atoms with van der Waals surface area (Å²) in [7, 11) is 0. The van der Waals surface area contributed by atoms with E-state index < -0.39 is 6.10 Å². The summed E-state index contributed by atoms with van der Waals surface area (Å²) in [5.74, 6) is 2.16. The summed E-state index contributed by atoms with van der Waals surface area (Å²) in [6.45, 7) is 5.17. The molecule has 1 aliphatic heterocycles. The van der Waals surface area contributed by atoms with Crippen LogP contribution in [0.4, 0.5) is 0 Å². The van der Waals surface area contributed by atoms with Crippen LogP contribution in [0.2, 0.25) is 0 Å². The molecule has 0 aliphatic carbocycles. The highest BCUT2D eigenvalue weighted by Gasteiger charge is 2.30. The van der Waals surface area contributed by atoms with Crippen LogP contribution in [0.15, 0.2) is 59.1 Å². The van der Waals surface area contributed by atoms with Crippen LogP contribution < -0.4 is 4.74 Å². The maximum Gasteiger partial charge on any atom is 0.263 e. The van der Waals surface area contributed by atoms with Crippen molar-refractivity contribution >= 4 is 5.91 Å². The van der Waals surface area contributed by atoms with Crippen molar-refractivity contribution in [2.24, 2.45) is 0 Å². The number of ether oxygens (including phenoxy) is 1. The van der Waals surface area contributed by atoms with E-state index >= 15 is 0 Å². The Morgan fingerprint density at radius 1 is 1.10 bits per heavy atom. The van der Waals surface area contributed by atoms with E-state index in [0.717, 1.165) is 18.4 Å². The molecule has 29 heavy (non-hydrogen) atoms. The van der Waals surface area contributed by atoms with Gasteiger partial charge in [0.05, 0.1) is 0 Å². The van der Waals surface area contributed by atoms with Gasteiger partial charge in [0.15, 0.2) is 6.10 Å². The molecule has 0 saturated carbocycles. The number of carbonyl (C=O) groups is 1. The Labute approximate surface area is 170 Å². The van der Waals surface area contributed by atoms with Gasteiger partial charge >= 0.3 is 0 Å². The van der Waals surface area contributed by atoms with E-state index in [-0.39, 0.29) is 11.8 Å². The number of carbonyl (C=O) groups excluding carboxylic acids is 1. The zero-order valence-corrected chi connectivity index (χ0v) is 16.7. The van der Waals surface area contributed by atoms with E-state index in [4.69, 9.17) is 9.26 Å². The topological polar surface area (TPSA) is 68.5 Å². The Hall–Kier alpha value is -3.15. The van der Waals surface area contributed by atoms with Crippen molar-refractivity contribution in [1.29, 1.82) is 0 Å². The van der Waals surface area contributed by atoms with Crippen molar-refractivity contribution in [3.8, 4) is 17.1 Å². The minimum absolute atomic E-state index is 0.0122. The molecule has 6 heteroatoms. The maximum atomic E-state index is 12.7. The zero-order valence-electron chi connectivity index (χ0n) is 16.7. The van der Waals surface area contributed by atoms with E-state index in [9.17, 15) is 4.79 Å². The Bertz CT molecular complexity index is 945. The molecule has 1 saturated heterocycles. The summed E-state index contributed by atoms with van der Waals surface area (Å²) in [4.78, 5) is 19.2. The van der Waals surface area contributed by atoms with Gasteiger partial charge in [0.2, 0.25) is 11.7 Å². The second-order valence-electron chi connectivity index (χ2n) is 7.49. The normalized spacial score (nSPS) is 15.9. The summed E-state index contributed by atoms with van der Waals surface area (Å²) in [5.41, 5.74) is 2.14. The van der Waals surface area contributed by atoms with Crippen molar-refractivity contribution in [1.82, 2.24) is 15.0 Å². The van der Waals surface area contributed by atoms with E-state index in [0.29, 0.717) is 30.6 Å². The van der Waals surface area contributed by atoms with Crippen LogP contribution in [0.3, 0.4) is 0 Å². The highest BCUT2D eigenvalue weighted by atomic mass is 16.5. The molecule has 0 bridgehead atoms. The molecule has 2 aromatic carbocycles. The number of rotatable bonds is 5. The predicted molar refractivity (Wildman–Crippen MR) is 110 cm³/mol. The van der Waals surface area contributed by atoms with Crippen LogP contribution in [-0.4, -0.2) is 40.1 Å². The predicted octanol–water partition coefficient (Wildman–Crippen LogP) is 4.22. The first-order chi connectivity index (χ1) is 14.1. The third kappa shape index (κ3) is 4.47. The largest absolute Gasteiger partial charge is 0.481 e. The van der Waals surface area contributed by atoms with Crippen LogP contribution in [-0.2, 0) is 4.79 Å². The fourth-order valence-corrected chi connectivity index (χ4v) is 3.58. The number of hydrogen-bond acceptors (Lipinski definition) is 5. The van der Waals surface area contributed by atoms with Gasteiger partial charge < -0.3 is 14.2 Å². The van der Waals surface area contributed by atoms with E-state index in [1.807, 2.05) is 66.4 Å². The SMILES string of the molecule is Cc1ccc(-c2noc(C3CCN(C(=O)C(C)Oc4ccccc4)CC3)n2)cc1. The van der Waals surface area contributed by atoms with E-state index in [1.54, 1.807) is 6.92 Å². The highest BCUT2D eigenvalue weighted by Crippen LogP contribution is 2.29. The molecule has 1 fully saturated rings. The number of para-hydroxylation sites is 1. The van der Waals surface area contributed by atoms with Crippen LogP contribution in [0.5, 0.6) is 5.75 Å². The quantitative estimate of drug-likeness (QED) is 0.651. The lowest BCUT2D eigenvalue weighted by Crippen LogP contribution is -2.44. The van der Waals surface area contributed by atoms with Gasteiger partial charge in [0.25, 0.3) is 5.91 Å². The molecule has 1 amide bonds. The minimum atomic E-state index is -0.509. The number of nitrogens with zero attached hydrogens (tertiary/aromatic N) is 3. The molecule has 2 heterocycles. The summed E-state index contributed by atoms with van der Waals surface area (Å²) in [6, 6.07) is 17.5. The average Bonchev–Trinajstić information content (AvgIpc) is 3.25. The Kier molecular flexibility index (Phi) is 5.60. The molecule has 1 aliphatic rings. The smallest absolute Gasteiger partial charge is 0.263 e. The first-order valence-corrected chi connectivity index (χ1v) is 10.0. The number of piperidine rings is 1. The summed E-state index contributed by atoms with van der Waals surface area (Å²) in [6.07, 6.45) is 1.10. The third-order valence-corrected chi connectivity index (χ3v) is 5.31. The average molecular weight is 391 g/mol. The van der Waals surface area contributed by atoms with Gasteiger partial charge in [0, 0.05) is 24.6 Å². The molecule has 4 rings (SSSR count). The van der Waals surface area contributed by atoms with Gasteiger partial charge in [-0.25, -0.2) is 0 Å². The lowest BCUT2D eigenvalue weighted by molar-refractivity contribution is -0.139. The van der Waals surface area contributed by atoms with Crippen LogP contribution in [0.25, 0.3) is 11.4 Å². The second kappa shape index (κ2) is 8.47. The monoisotopic (exact) mass is 391 g/mol. The summed E-state index contributed by atoms with van der Waals surface area (Å²) < 4.78 is 11.3. The van der Waals surface area contributed by atoms with Crippen LogP contribution in [0, 0.1) is 6.92 Å². The van der Waals surface area contributed by atoms with Gasteiger partial charge in [0.1, 0.15) is 5.75 Å². The summed E-state index contributed by atoms with van der Waals surface area (Å²) in [5, 5.41) is 4.13. The molecular formula is C23H25N3O3. The van der Waals surface area contributed by atoms with E-state index in [1.165, 1.54) is 5.56 Å². The third-order valence-electron chi connectivity index (χ3n) is 5.31.